The molecule has 8 nitrogen and oxygen atoms in total. The number of halogens is 2. The van der Waals surface area contributed by atoms with Crippen LogP contribution in [0, 0.1) is 15.9 Å². The summed E-state index contributed by atoms with van der Waals surface area (Å²) < 4.78 is 13.9. The molecule has 2 N–H and O–H groups in total. The minimum Gasteiger partial charge on any atom is -0.357 e. The Hall–Kier alpha value is -2.50. The number of nitrogens with one attached hydrogen (secondary N) is 2. The lowest BCUT2D eigenvalue weighted by molar-refractivity contribution is -0.385. The van der Waals surface area contributed by atoms with Gasteiger partial charge in [0.25, 0.3) is 5.69 Å². The monoisotopic (exact) mass is 514 g/mol. The summed E-state index contributed by atoms with van der Waals surface area (Å²) in [7, 11) is 0. The molecule has 2 aromatic rings. The summed E-state index contributed by atoms with van der Waals surface area (Å²) in [6.45, 7) is 4.09. The maximum Gasteiger partial charge on any atom is 0.274 e. The van der Waals surface area contributed by atoms with Gasteiger partial charge in [0.05, 0.1) is 17.0 Å². The van der Waals surface area contributed by atoms with Crippen molar-refractivity contribution >= 4 is 41.4 Å². The molecule has 1 aromatic carbocycles. The van der Waals surface area contributed by atoms with Crippen molar-refractivity contribution in [2.45, 2.75) is 25.9 Å². The number of para-hydroxylation sites is 1. The van der Waals surface area contributed by atoms with Gasteiger partial charge in [0, 0.05) is 37.9 Å². The number of hydrogen-bond acceptors (Lipinski definition) is 5. The number of anilines is 1. The minimum absolute atomic E-state index is 0. The first-order valence-corrected chi connectivity index (χ1v) is 9.21. The normalized spacial score (nSPS) is 16.3. The molecule has 0 amide bonds. The number of benzene rings is 1. The van der Waals surface area contributed by atoms with Crippen molar-refractivity contribution in [2.24, 2.45) is 4.99 Å². The third-order valence-corrected chi connectivity index (χ3v) is 4.51. The van der Waals surface area contributed by atoms with Gasteiger partial charge in [-0.3, -0.25) is 10.1 Å². The third-order valence-electron chi connectivity index (χ3n) is 4.51. The van der Waals surface area contributed by atoms with Crippen molar-refractivity contribution in [2.75, 3.05) is 24.5 Å². The molecule has 1 atom stereocenters. The third kappa shape index (κ3) is 5.99. The Morgan fingerprint density at radius 3 is 2.90 bits per heavy atom. The number of pyridine rings is 1. The molecule has 1 saturated heterocycles. The molecule has 3 rings (SSSR count). The summed E-state index contributed by atoms with van der Waals surface area (Å²) in [5.41, 5.74) is 0.605. The standard InChI is InChI=1S/C19H23FN6O2.HI/c1-2-21-19(23-12-14-6-3-4-8-17(14)26(27)28)24-15-9-11-25(13-15)18-16(20)7-5-10-22-18;/h3-8,10,15H,2,9,11-13H2,1H3,(H2,21,23,24);1H. The van der Waals surface area contributed by atoms with Crippen molar-refractivity contribution in [1.82, 2.24) is 15.6 Å². The van der Waals surface area contributed by atoms with Gasteiger partial charge in [0.1, 0.15) is 0 Å². The number of nitro benzene ring substituents is 1. The molecule has 1 unspecified atom stereocenters. The van der Waals surface area contributed by atoms with Crippen molar-refractivity contribution in [3.63, 3.8) is 0 Å². The summed E-state index contributed by atoms with van der Waals surface area (Å²) in [6.07, 6.45) is 2.39. The zero-order valence-corrected chi connectivity index (χ0v) is 18.4. The van der Waals surface area contributed by atoms with Gasteiger partial charge >= 0.3 is 0 Å². The van der Waals surface area contributed by atoms with Gasteiger partial charge in [0.2, 0.25) is 0 Å². The first kappa shape index (κ1) is 22.8. The Kier molecular flexibility index (Phi) is 8.55. The predicted molar refractivity (Wildman–Crippen MR) is 121 cm³/mol. The van der Waals surface area contributed by atoms with E-state index in [1.165, 1.54) is 12.1 Å². The number of aromatic nitrogens is 1. The van der Waals surface area contributed by atoms with Crippen LogP contribution in [0.3, 0.4) is 0 Å². The fraction of sp³-hybridized carbons (Fsp3) is 0.368. The van der Waals surface area contributed by atoms with Crippen LogP contribution in [0.4, 0.5) is 15.9 Å². The smallest absolute Gasteiger partial charge is 0.274 e. The van der Waals surface area contributed by atoms with E-state index in [-0.39, 0.29) is 48.1 Å². The summed E-state index contributed by atoms with van der Waals surface area (Å²) in [5, 5.41) is 17.6. The Balaban J connectivity index is 0.00000300. The van der Waals surface area contributed by atoms with Gasteiger partial charge < -0.3 is 15.5 Å². The van der Waals surface area contributed by atoms with E-state index in [0.29, 0.717) is 37.0 Å². The highest BCUT2D eigenvalue weighted by Gasteiger charge is 2.26. The molecule has 0 radical (unpaired) electrons. The SMILES string of the molecule is CCNC(=NCc1ccccc1[N+](=O)[O-])NC1CCN(c2ncccc2F)C1.I. The lowest BCUT2D eigenvalue weighted by atomic mass is 10.2. The van der Waals surface area contributed by atoms with E-state index >= 15 is 0 Å². The molecule has 1 aliphatic heterocycles. The molecule has 0 spiro atoms. The molecule has 29 heavy (non-hydrogen) atoms. The van der Waals surface area contributed by atoms with Crippen LogP contribution in [0.2, 0.25) is 0 Å². The van der Waals surface area contributed by atoms with E-state index < -0.39 is 4.92 Å². The molecule has 1 aliphatic rings. The van der Waals surface area contributed by atoms with Gasteiger partial charge in [-0.15, -0.1) is 24.0 Å². The Labute approximate surface area is 185 Å². The lowest BCUT2D eigenvalue weighted by Gasteiger charge is -2.20. The van der Waals surface area contributed by atoms with E-state index in [9.17, 15) is 14.5 Å². The topological polar surface area (TPSA) is 95.7 Å². The van der Waals surface area contributed by atoms with Crippen LogP contribution in [0.25, 0.3) is 0 Å². The quantitative estimate of drug-likeness (QED) is 0.202. The average molecular weight is 514 g/mol. The van der Waals surface area contributed by atoms with Crippen molar-refractivity contribution in [1.29, 1.82) is 0 Å². The molecule has 0 aliphatic carbocycles. The fourth-order valence-electron chi connectivity index (χ4n) is 3.18. The Morgan fingerprint density at radius 1 is 1.38 bits per heavy atom. The Morgan fingerprint density at radius 2 is 2.17 bits per heavy atom. The van der Waals surface area contributed by atoms with E-state index in [1.54, 1.807) is 30.5 Å². The highest BCUT2D eigenvalue weighted by molar-refractivity contribution is 14.0. The van der Waals surface area contributed by atoms with Crippen LogP contribution in [0.15, 0.2) is 47.6 Å². The number of nitrogens with zero attached hydrogens (tertiary/aromatic N) is 4. The van der Waals surface area contributed by atoms with Gasteiger partial charge in [-0.1, -0.05) is 18.2 Å². The maximum absolute atomic E-state index is 13.9. The zero-order valence-electron chi connectivity index (χ0n) is 16.0. The van der Waals surface area contributed by atoms with Crippen molar-refractivity contribution in [3.05, 3.63) is 64.1 Å². The molecular weight excluding hydrogens is 490 g/mol. The fourth-order valence-corrected chi connectivity index (χ4v) is 3.18. The molecule has 10 heteroatoms. The van der Waals surface area contributed by atoms with Gasteiger partial charge in [-0.2, -0.15) is 0 Å². The van der Waals surface area contributed by atoms with E-state index in [1.807, 2.05) is 11.8 Å². The largest absolute Gasteiger partial charge is 0.357 e. The first-order valence-electron chi connectivity index (χ1n) is 9.21. The number of aliphatic imine (C=N–C) groups is 1. The summed E-state index contributed by atoms with van der Waals surface area (Å²) in [5.74, 6) is 0.600. The summed E-state index contributed by atoms with van der Waals surface area (Å²) in [6, 6.07) is 9.62. The highest BCUT2D eigenvalue weighted by Crippen LogP contribution is 2.21. The van der Waals surface area contributed by atoms with Crippen LogP contribution in [-0.4, -0.2) is 41.5 Å². The van der Waals surface area contributed by atoms with Crippen molar-refractivity contribution in [3.8, 4) is 0 Å². The van der Waals surface area contributed by atoms with E-state index in [0.717, 1.165) is 6.42 Å². The van der Waals surface area contributed by atoms with Crippen LogP contribution in [0.1, 0.15) is 18.9 Å². The number of nitro groups is 1. The van der Waals surface area contributed by atoms with Gasteiger partial charge in [0.15, 0.2) is 17.6 Å². The predicted octanol–water partition coefficient (Wildman–Crippen LogP) is 3.08. The molecule has 0 bridgehead atoms. The van der Waals surface area contributed by atoms with Crippen LogP contribution >= 0.6 is 24.0 Å². The maximum atomic E-state index is 13.9. The van der Waals surface area contributed by atoms with Crippen LogP contribution < -0.4 is 15.5 Å². The zero-order chi connectivity index (χ0) is 19.9. The molecule has 1 fully saturated rings. The first-order chi connectivity index (χ1) is 13.6. The summed E-state index contributed by atoms with van der Waals surface area (Å²) in [4.78, 5) is 21.3. The molecule has 0 saturated carbocycles. The molecule has 156 valence electrons. The van der Waals surface area contributed by atoms with Gasteiger partial charge in [-0.05, 0) is 25.5 Å². The lowest BCUT2D eigenvalue weighted by Crippen LogP contribution is -2.44. The second-order valence-electron chi connectivity index (χ2n) is 6.47. The second kappa shape index (κ2) is 10.9. The van der Waals surface area contributed by atoms with Crippen LogP contribution in [0.5, 0.6) is 0 Å². The van der Waals surface area contributed by atoms with Gasteiger partial charge in [-0.25, -0.2) is 14.4 Å². The average Bonchev–Trinajstić information content (AvgIpc) is 3.15. The number of rotatable bonds is 6. The number of guanidine groups is 1. The number of hydrogen-bond donors (Lipinski definition) is 2. The highest BCUT2D eigenvalue weighted by atomic mass is 127. The molecule has 2 heterocycles. The molecule has 1 aromatic heterocycles. The molecular formula is C19H24FIN6O2. The second-order valence-corrected chi connectivity index (χ2v) is 6.47. The van der Waals surface area contributed by atoms with E-state index in [4.69, 9.17) is 0 Å². The van der Waals surface area contributed by atoms with Crippen LogP contribution in [-0.2, 0) is 6.54 Å². The van der Waals surface area contributed by atoms with E-state index in [2.05, 4.69) is 20.6 Å². The minimum atomic E-state index is -0.401. The van der Waals surface area contributed by atoms with Crippen molar-refractivity contribution < 1.29 is 9.31 Å². The Bertz CT molecular complexity index is 866. The summed E-state index contributed by atoms with van der Waals surface area (Å²) >= 11 is 0.